The van der Waals surface area contributed by atoms with Crippen LogP contribution in [0.5, 0.6) is 5.88 Å². The molecule has 2 heterocycles. The number of amides is 2. The number of carbonyl (C=O) groups is 1. The first-order valence-corrected chi connectivity index (χ1v) is 8.16. The van der Waals surface area contributed by atoms with Crippen molar-refractivity contribution in [1.82, 2.24) is 15.3 Å². The Bertz CT molecular complexity index is 821. The van der Waals surface area contributed by atoms with E-state index in [-0.39, 0.29) is 6.03 Å². The molecular formula is C17H16N4O2S. The molecule has 0 spiro atoms. The quantitative estimate of drug-likeness (QED) is 0.745. The number of methoxy groups -OCH3 is 1. The number of thiazole rings is 1. The third-order valence-electron chi connectivity index (χ3n) is 3.26. The first-order valence-electron chi connectivity index (χ1n) is 7.28. The lowest BCUT2D eigenvalue weighted by Gasteiger charge is -2.09. The summed E-state index contributed by atoms with van der Waals surface area (Å²) >= 11 is 1.56. The molecule has 0 fully saturated rings. The number of benzene rings is 1. The summed E-state index contributed by atoms with van der Waals surface area (Å²) in [6.45, 7) is 0.386. The number of nitrogens with one attached hydrogen (secondary N) is 2. The van der Waals surface area contributed by atoms with Crippen molar-refractivity contribution in [2.24, 2.45) is 0 Å². The van der Waals surface area contributed by atoms with E-state index in [9.17, 15) is 4.79 Å². The summed E-state index contributed by atoms with van der Waals surface area (Å²) in [5, 5.41) is 8.47. The topological polar surface area (TPSA) is 76.1 Å². The highest BCUT2D eigenvalue weighted by atomic mass is 32.1. The third kappa shape index (κ3) is 4.08. The zero-order valence-electron chi connectivity index (χ0n) is 13.0. The van der Waals surface area contributed by atoms with Gasteiger partial charge in [0.05, 0.1) is 7.11 Å². The summed E-state index contributed by atoms with van der Waals surface area (Å²) in [6, 6.07) is 10.9. The van der Waals surface area contributed by atoms with E-state index in [1.807, 2.05) is 35.7 Å². The molecule has 0 atom stereocenters. The summed E-state index contributed by atoms with van der Waals surface area (Å²) in [6.07, 6.45) is 3.40. The fourth-order valence-corrected chi connectivity index (χ4v) is 2.76. The number of hydrogen-bond donors (Lipinski definition) is 2. The molecule has 2 N–H and O–H groups in total. The van der Waals surface area contributed by atoms with Crippen LogP contribution in [-0.4, -0.2) is 23.1 Å². The normalized spacial score (nSPS) is 10.2. The lowest BCUT2D eigenvalue weighted by atomic mass is 10.2. The zero-order chi connectivity index (χ0) is 16.8. The Morgan fingerprint density at radius 1 is 1.21 bits per heavy atom. The molecular weight excluding hydrogens is 324 g/mol. The SMILES string of the molecule is COc1cc(CNC(=O)Nc2cccc(-c3nccs3)c2)ccn1. The Labute approximate surface area is 143 Å². The van der Waals surface area contributed by atoms with Crippen LogP contribution in [0, 0.1) is 0 Å². The maximum atomic E-state index is 12.1. The number of aromatic nitrogens is 2. The van der Waals surface area contributed by atoms with Gasteiger partial charge in [-0.15, -0.1) is 11.3 Å². The van der Waals surface area contributed by atoms with Gasteiger partial charge in [-0.25, -0.2) is 14.8 Å². The molecule has 0 aliphatic rings. The lowest BCUT2D eigenvalue weighted by Crippen LogP contribution is -2.28. The van der Waals surface area contributed by atoms with Crippen LogP contribution in [0.3, 0.4) is 0 Å². The van der Waals surface area contributed by atoms with Crippen LogP contribution in [0.2, 0.25) is 0 Å². The number of carbonyl (C=O) groups excluding carboxylic acids is 1. The Morgan fingerprint density at radius 3 is 2.92 bits per heavy atom. The average Bonchev–Trinajstić information content (AvgIpc) is 3.15. The van der Waals surface area contributed by atoms with Gasteiger partial charge in [0.1, 0.15) is 5.01 Å². The number of rotatable bonds is 5. The molecule has 24 heavy (non-hydrogen) atoms. The zero-order valence-corrected chi connectivity index (χ0v) is 13.8. The molecule has 6 nitrogen and oxygen atoms in total. The standard InChI is InChI=1S/C17H16N4O2S/c1-23-15-9-12(5-6-18-15)11-20-17(22)21-14-4-2-3-13(10-14)16-19-7-8-24-16/h2-10H,11H2,1H3,(H2,20,21,22). The van der Waals surface area contributed by atoms with Gasteiger partial charge in [0, 0.05) is 41.6 Å². The van der Waals surface area contributed by atoms with Gasteiger partial charge in [0.25, 0.3) is 0 Å². The second kappa shape index (κ2) is 7.56. The van der Waals surface area contributed by atoms with Gasteiger partial charge in [0.2, 0.25) is 5.88 Å². The van der Waals surface area contributed by atoms with Gasteiger partial charge in [-0.3, -0.25) is 0 Å². The molecule has 0 bridgehead atoms. The number of urea groups is 1. The van der Waals surface area contributed by atoms with Gasteiger partial charge >= 0.3 is 6.03 Å². The number of anilines is 1. The van der Waals surface area contributed by atoms with E-state index in [1.165, 1.54) is 0 Å². The highest BCUT2D eigenvalue weighted by Crippen LogP contribution is 2.24. The molecule has 3 rings (SSSR count). The van der Waals surface area contributed by atoms with Crippen LogP contribution in [-0.2, 0) is 6.54 Å². The van der Waals surface area contributed by atoms with Crippen LogP contribution >= 0.6 is 11.3 Å². The van der Waals surface area contributed by atoms with Crippen LogP contribution in [0.25, 0.3) is 10.6 Å². The van der Waals surface area contributed by atoms with Crippen molar-refractivity contribution < 1.29 is 9.53 Å². The number of hydrogen-bond acceptors (Lipinski definition) is 5. The Kier molecular flexibility index (Phi) is 5.02. The predicted octanol–water partition coefficient (Wildman–Crippen LogP) is 3.54. The summed E-state index contributed by atoms with van der Waals surface area (Å²) < 4.78 is 5.06. The van der Waals surface area contributed by atoms with Crippen molar-refractivity contribution in [3.05, 3.63) is 59.7 Å². The number of ether oxygens (including phenoxy) is 1. The maximum Gasteiger partial charge on any atom is 0.319 e. The van der Waals surface area contributed by atoms with Crippen molar-refractivity contribution >= 4 is 23.1 Å². The van der Waals surface area contributed by atoms with Crippen molar-refractivity contribution in [1.29, 1.82) is 0 Å². The molecule has 0 radical (unpaired) electrons. The van der Waals surface area contributed by atoms with Crippen molar-refractivity contribution in [3.63, 3.8) is 0 Å². The minimum atomic E-state index is -0.276. The van der Waals surface area contributed by atoms with E-state index in [0.29, 0.717) is 18.1 Å². The monoisotopic (exact) mass is 340 g/mol. The molecule has 2 amide bonds. The average molecular weight is 340 g/mol. The van der Waals surface area contributed by atoms with Crippen molar-refractivity contribution in [2.45, 2.75) is 6.54 Å². The first kappa shape index (κ1) is 15.9. The smallest absolute Gasteiger partial charge is 0.319 e. The summed E-state index contributed by atoms with van der Waals surface area (Å²) in [5.74, 6) is 0.519. The van der Waals surface area contributed by atoms with Gasteiger partial charge in [-0.2, -0.15) is 0 Å². The van der Waals surface area contributed by atoms with Crippen LogP contribution < -0.4 is 15.4 Å². The van der Waals surface area contributed by atoms with Gasteiger partial charge in [-0.05, 0) is 23.8 Å². The molecule has 2 aromatic heterocycles. The highest BCUT2D eigenvalue weighted by molar-refractivity contribution is 7.13. The van der Waals surface area contributed by atoms with E-state index in [1.54, 1.807) is 36.9 Å². The number of pyridine rings is 1. The summed E-state index contributed by atoms with van der Waals surface area (Å²) in [7, 11) is 1.56. The van der Waals surface area contributed by atoms with Crippen LogP contribution in [0.4, 0.5) is 10.5 Å². The van der Waals surface area contributed by atoms with Gasteiger partial charge < -0.3 is 15.4 Å². The molecule has 1 aromatic carbocycles. The largest absolute Gasteiger partial charge is 0.481 e. The fraction of sp³-hybridized carbons (Fsp3) is 0.118. The molecule has 122 valence electrons. The lowest BCUT2D eigenvalue weighted by molar-refractivity contribution is 0.251. The maximum absolute atomic E-state index is 12.1. The van der Waals surface area contributed by atoms with E-state index < -0.39 is 0 Å². The first-order chi connectivity index (χ1) is 11.7. The third-order valence-corrected chi connectivity index (χ3v) is 4.08. The summed E-state index contributed by atoms with van der Waals surface area (Å²) in [5.41, 5.74) is 2.60. The van der Waals surface area contributed by atoms with Gasteiger partial charge in [0.15, 0.2) is 0 Å². The molecule has 0 aliphatic heterocycles. The van der Waals surface area contributed by atoms with Gasteiger partial charge in [-0.1, -0.05) is 12.1 Å². The minimum Gasteiger partial charge on any atom is -0.481 e. The molecule has 0 saturated carbocycles. The Morgan fingerprint density at radius 2 is 2.12 bits per heavy atom. The van der Waals surface area contributed by atoms with Crippen molar-refractivity contribution in [2.75, 3.05) is 12.4 Å². The van der Waals surface area contributed by atoms with Crippen molar-refractivity contribution in [3.8, 4) is 16.5 Å². The minimum absolute atomic E-state index is 0.276. The van der Waals surface area contributed by atoms with Crippen LogP contribution in [0.1, 0.15) is 5.56 Å². The second-order valence-corrected chi connectivity index (χ2v) is 5.83. The highest BCUT2D eigenvalue weighted by Gasteiger charge is 2.05. The van der Waals surface area contributed by atoms with E-state index in [4.69, 9.17) is 4.74 Å². The summed E-state index contributed by atoms with van der Waals surface area (Å²) in [4.78, 5) is 20.4. The fourth-order valence-electron chi connectivity index (χ4n) is 2.13. The molecule has 0 aliphatic carbocycles. The Hall–Kier alpha value is -2.93. The second-order valence-electron chi connectivity index (χ2n) is 4.93. The van der Waals surface area contributed by atoms with E-state index in [2.05, 4.69) is 20.6 Å². The van der Waals surface area contributed by atoms with E-state index in [0.717, 1.165) is 16.1 Å². The number of nitrogens with zero attached hydrogens (tertiary/aromatic N) is 2. The van der Waals surface area contributed by atoms with E-state index >= 15 is 0 Å². The predicted molar refractivity (Wildman–Crippen MR) is 94.2 cm³/mol. The molecule has 0 saturated heterocycles. The Balaban J connectivity index is 1.59. The van der Waals surface area contributed by atoms with Crippen LogP contribution in [0.15, 0.2) is 54.2 Å². The molecule has 7 heteroatoms. The molecule has 0 unspecified atom stereocenters. The molecule has 3 aromatic rings.